The number of fused-ring (bicyclic) bond motifs is 1. The highest BCUT2D eigenvalue weighted by molar-refractivity contribution is 6.06. The third-order valence-electron chi connectivity index (χ3n) is 5.52. The number of amides is 1. The molecule has 1 saturated carbocycles. The molecule has 8 heteroatoms. The zero-order valence-electron chi connectivity index (χ0n) is 17.4. The molecule has 0 aliphatic heterocycles. The van der Waals surface area contributed by atoms with Gasteiger partial charge in [-0.15, -0.1) is 0 Å². The van der Waals surface area contributed by atoms with E-state index in [4.69, 9.17) is 15.2 Å². The smallest absolute Gasteiger partial charge is 0.339 e. The van der Waals surface area contributed by atoms with E-state index in [-0.39, 0.29) is 29.9 Å². The Labute approximate surface area is 175 Å². The number of nitrogens with zero attached hydrogens (tertiary/aromatic N) is 1. The molecule has 0 atom stereocenters. The summed E-state index contributed by atoms with van der Waals surface area (Å²) in [6.07, 6.45) is 3.61. The van der Waals surface area contributed by atoms with Crippen molar-refractivity contribution >= 4 is 28.5 Å². The van der Waals surface area contributed by atoms with Crippen molar-refractivity contribution in [3.8, 4) is 5.75 Å². The number of carbonyl (C=O) groups is 2. The summed E-state index contributed by atoms with van der Waals surface area (Å²) in [4.78, 5) is 27.7. The van der Waals surface area contributed by atoms with Gasteiger partial charge in [0.1, 0.15) is 17.9 Å². The zero-order chi connectivity index (χ0) is 21.7. The molecule has 0 unspecified atom stereocenters. The van der Waals surface area contributed by atoms with Crippen LogP contribution in [0.5, 0.6) is 5.75 Å². The van der Waals surface area contributed by atoms with Crippen molar-refractivity contribution < 1.29 is 24.2 Å². The molecule has 0 saturated heterocycles. The van der Waals surface area contributed by atoms with Crippen molar-refractivity contribution in [3.63, 3.8) is 0 Å². The lowest BCUT2D eigenvalue weighted by Gasteiger charge is -2.29. The number of carbonyl (C=O) groups excluding carboxylic acids is 1. The molecule has 2 aromatic rings. The van der Waals surface area contributed by atoms with Gasteiger partial charge in [-0.1, -0.05) is 6.07 Å². The Morgan fingerprint density at radius 2 is 2.00 bits per heavy atom. The molecule has 30 heavy (non-hydrogen) atoms. The number of rotatable bonds is 8. The lowest BCUT2D eigenvalue weighted by molar-refractivity contribution is -0.125. The quantitative estimate of drug-likeness (QED) is 0.605. The van der Waals surface area contributed by atoms with Gasteiger partial charge >= 0.3 is 5.97 Å². The van der Waals surface area contributed by atoms with Crippen LogP contribution in [0.25, 0.3) is 10.9 Å². The fourth-order valence-electron chi connectivity index (χ4n) is 3.95. The number of aromatic carboxylic acids is 1. The van der Waals surface area contributed by atoms with Crippen LogP contribution < -0.4 is 15.8 Å². The van der Waals surface area contributed by atoms with Crippen molar-refractivity contribution in [2.45, 2.75) is 45.6 Å². The predicted molar refractivity (Wildman–Crippen MR) is 114 cm³/mol. The molecule has 1 aromatic heterocycles. The van der Waals surface area contributed by atoms with Gasteiger partial charge in [-0.05, 0) is 57.6 Å². The molecule has 1 aromatic carbocycles. The highest BCUT2D eigenvalue weighted by Crippen LogP contribution is 2.36. The monoisotopic (exact) mass is 415 g/mol. The zero-order valence-corrected chi connectivity index (χ0v) is 17.4. The molecule has 1 heterocycles. The Kier molecular flexibility index (Phi) is 7.10. The van der Waals surface area contributed by atoms with Crippen LogP contribution in [0, 0.1) is 12.8 Å². The van der Waals surface area contributed by atoms with Gasteiger partial charge in [-0.3, -0.25) is 9.78 Å². The molecule has 0 bridgehead atoms. The molecule has 0 spiro atoms. The summed E-state index contributed by atoms with van der Waals surface area (Å²) in [5, 5.41) is 13.0. The summed E-state index contributed by atoms with van der Waals surface area (Å²) in [6.45, 7) is 4.77. The lowest BCUT2D eigenvalue weighted by Crippen LogP contribution is -2.35. The second-order valence-corrected chi connectivity index (χ2v) is 7.64. The van der Waals surface area contributed by atoms with Crippen molar-refractivity contribution in [2.24, 2.45) is 5.92 Å². The van der Waals surface area contributed by atoms with Crippen LogP contribution >= 0.6 is 0 Å². The van der Waals surface area contributed by atoms with Gasteiger partial charge in [-0.2, -0.15) is 0 Å². The fourth-order valence-corrected chi connectivity index (χ4v) is 3.95. The van der Waals surface area contributed by atoms with Gasteiger partial charge < -0.3 is 25.6 Å². The maximum atomic E-state index is 11.7. The Morgan fingerprint density at radius 3 is 2.67 bits per heavy atom. The predicted octanol–water partition coefficient (Wildman–Crippen LogP) is 2.91. The second-order valence-electron chi connectivity index (χ2n) is 7.64. The highest BCUT2D eigenvalue weighted by Gasteiger charge is 2.25. The normalized spacial score (nSPS) is 18.9. The van der Waals surface area contributed by atoms with E-state index in [1.165, 1.54) is 0 Å². The van der Waals surface area contributed by atoms with Crippen molar-refractivity contribution in [3.05, 3.63) is 29.5 Å². The average molecular weight is 415 g/mol. The largest absolute Gasteiger partial charge is 0.490 e. The van der Waals surface area contributed by atoms with Gasteiger partial charge in [0.2, 0.25) is 5.91 Å². The molecule has 4 N–H and O–H groups in total. The third kappa shape index (κ3) is 4.99. The van der Waals surface area contributed by atoms with Crippen molar-refractivity contribution in [2.75, 3.05) is 25.5 Å². The van der Waals surface area contributed by atoms with E-state index in [0.717, 1.165) is 25.7 Å². The first-order chi connectivity index (χ1) is 14.4. The molecule has 0 radical (unpaired) electrons. The number of nitrogen functional groups attached to an aromatic ring is 1. The first-order valence-corrected chi connectivity index (χ1v) is 10.3. The number of pyridine rings is 1. The van der Waals surface area contributed by atoms with Crippen molar-refractivity contribution in [1.29, 1.82) is 0 Å². The Morgan fingerprint density at radius 1 is 1.27 bits per heavy atom. The first-order valence-electron chi connectivity index (χ1n) is 10.3. The summed E-state index contributed by atoms with van der Waals surface area (Å²) >= 11 is 0. The number of anilines is 1. The number of carboxylic acids is 1. The number of hydrogen-bond donors (Lipinski definition) is 3. The number of aromatic nitrogens is 1. The standard InChI is InChI=1S/C22H29N3O5/c1-3-29-12-18(26)24-11-14-7-9-15(10-8-14)30-17-6-4-5-16-20(17)21(23)19(22(27)28)13(2)25-16/h4-6,14-15H,3,7-12H2,1-2H3,(H2,23,25)(H,24,26)(H,27,28)/t14-,15-. The van der Waals surface area contributed by atoms with E-state index >= 15 is 0 Å². The second kappa shape index (κ2) is 9.75. The highest BCUT2D eigenvalue weighted by atomic mass is 16.5. The van der Waals surface area contributed by atoms with Gasteiger partial charge in [0.15, 0.2) is 0 Å². The van der Waals surface area contributed by atoms with E-state index in [0.29, 0.717) is 41.4 Å². The molecule has 1 fully saturated rings. The Bertz CT molecular complexity index is 923. The molecule has 162 valence electrons. The van der Waals surface area contributed by atoms with Crippen LogP contribution in [0.15, 0.2) is 18.2 Å². The summed E-state index contributed by atoms with van der Waals surface area (Å²) < 4.78 is 11.3. The molecule has 1 amide bonds. The van der Waals surface area contributed by atoms with Crippen LogP contribution in [-0.4, -0.2) is 47.8 Å². The Hall–Kier alpha value is -2.87. The van der Waals surface area contributed by atoms with Gasteiger partial charge in [-0.25, -0.2) is 4.79 Å². The van der Waals surface area contributed by atoms with Crippen LogP contribution in [0.4, 0.5) is 5.69 Å². The van der Waals surface area contributed by atoms with Gasteiger partial charge in [0.05, 0.1) is 28.4 Å². The van der Waals surface area contributed by atoms with Crippen LogP contribution in [0.3, 0.4) is 0 Å². The van der Waals surface area contributed by atoms with E-state index in [1.54, 1.807) is 19.1 Å². The molecular weight excluding hydrogens is 386 g/mol. The summed E-state index contributed by atoms with van der Waals surface area (Å²) in [5.74, 6) is -0.205. The first kappa shape index (κ1) is 21.8. The van der Waals surface area contributed by atoms with Crippen LogP contribution in [0.2, 0.25) is 0 Å². The third-order valence-corrected chi connectivity index (χ3v) is 5.52. The fraction of sp³-hybridized carbons (Fsp3) is 0.500. The summed E-state index contributed by atoms with van der Waals surface area (Å²) in [6, 6.07) is 5.45. The van der Waals surface area contributed by atoms with E-state index in [9.17, 15) is 14.7 Å². The van der Waals surface area contributed by atoms with Crippen LogP contribution in [-0.2, 0) is 9.53 Å². The number of hydrogen-bond acceptors (Lipinski definition) is 6. The summed E-state index contributed by atoms with van der Waals surface area (Å²) in [7, 11) is 0. The minimum Gasteiger partial charge on any atom is -0.490 e. The topological polar surface area (TPSA) is 124 Å². The number of benzene rings is 1. The molecular formula is C22H29N3O5. The van der Waals surface area contributed by atoms with E-state index < -0.39 is 5.97 Å². The Balaban J connectivity index is 1.65. The minimum atomic E-state index is -1.10. The lowest BCUT2D eigenvalue weighted by atomic mass is 9.87. The number of nitrogens with one attached hydrogen (secondary N) is 1. The molecule has 8 nitrogen and oxygen atoms in total. The molecule has 1 aliphatic carbocycles. The number of ether oxygens (including phenoxy) is 2. The molecule has 1 aliphatic rings. The number of aryl methyl sites for hydroxylation is 1. The minimum absolute atomic E-state index is 0.0138. The van der Waals surface area contributed by atoms with E-state index in [1.807, 2.05) is 13.0 Å². The van der Waals surface area contributed by atoms with E-state index in [2.05, 4.69) is 10.3 Å². The van der Waals surface area contributed by atoms with Gasteiger partial charge in [0, 0.05) is 13.2 Å². The SMILES string of the molecule is CCOCC(=O)NC[C@H]1CC[C@H](Oc2cccc3nc(C)c(C(=O)O)c(N)c23)CC1. The summed E-state index contributed by atoms with van der Waals surface area (Å²) in [5.41, 5.74) is 7.41. The maximum absolute atomic E-state index is 11.7. The average Bonchev–Trinajstić information content (AvgIpc) is 2.71. The number of carboxylic acid groups (broad SMARTS) is 1. The van der Waals surface area contributed by atoms with Gasteiger partial charge in [0.25, 0.3) is 0 Å². The maximum Gasteiger partial charge on any atom is 0.339 e. The number of nitrogens with two attached hydrogens (primary N) is 1. The van der Waals surface area contributed by atoms with Crippen molar-refractivity contribution in [1.82, 2.24) is 10.3 Å². The van der Waals surface area contributed by atoms with Crippen LogP contribution in [0.1, 0.15) is 48.7 Å². The molecule has 3 rings (SSSR count).